The van der Waals surface area contributed by atoms with Crippen molar-refractivity contribution in [3.63, 3.8) is 0 Å². The molecule has 2 aromatic rings. The third-order valence-corrected chi connectivity index (χ3v) is 8.32. The highest BCUT2D eigenvalue weighted by atomic mass is 79.9. The Kier molecular flexibility index (Phi) is 5.86. The summed E-state index contributed by atoms with van der Waals surface area (Å²) >= 11 is 2.74. The molecule has 0 saturated carbocycles. The van der Waals surface area contributed by atoms with Crippen molar-refractivity contribution in [2.75, 3.05) is 14.1 Å². The maximum absolute atomic E-state index is 13.1. The van der Waals surface area contributed by atoms with Crippen LogP contribution in [0.5, 0.6) is 0 Å². The maximum atomic E-state index is 13.1. The van der Waals surface area contributed by atoms with Gasteiger partial charge >= 0.3 is 5.97 Å². The smallest absolute Gasteiger partial charge is 0.349 e. The molecule has 2 bridgehead atoms. The van der Waals surface area contributed by atoms with Gasteiger partial charge in [0, 0.05) is 12.8 Å². The number of carbonyl (C=O) groups is 1. The van der Waals surface area contributed by atoms with Crippen molar-refractivity contribution in [1.82, 2.24) is 0 Å². The summed E-state index contributed by atoms with van der Waals surface area (Å²) < 4.78 is 12.6. The SMILES string of the molecule is C.C[N+]1(C)C2CC(OC(=O)C(O)(c3cccs3)c3cccs3)C[C@H]1[C@H]1OC21.[Br-]. The molecule has 5 heterocycles. The zero-order valence-electron chi connectivity index (χ0n) is 15.1. The second-order valence-corrected chi connectivity index (χ2v) is 9.89. The summed E-state index contributed by atoms with van der Waals surface area (Å²) in [5.74, 6) is -0.561. The number of thiophene rings is 2. The Morgan fingerprint density at radius 3 is 2.07 bits per heavy atom. The predicted octanol–water partition coefficient (Wildman–Crippen LogP) is -0.0142. The number of fused-ring (bicyclic) bond motifs is 5. The monoisotopic (exact) mass is 487 g/mol. The molecule has 3 unspecified atom stereocenters. The minimum atomic E-state index is -1.72. The fourth-order valence-corrected chi connectivity index (χ4v) is 6.54. The van der Waals surface area contributed by atoms with E-state index in [1.54, 1.807) is 12.1 Å². The summed E-state index contributed by atoms with van der Waals surface area (Å²) in [6.45, 7) is 0. The molecule has 1 N–H and O–H groups in total. The van der Waals surface area contributed by atoms with Gasteiger partial charge in [-0.2, -0.15) is 0 Å². The van der Waals surface area contributed by atoms with Gasteiger partial charge < -0.3 is 36.0 Å². The van der Waals surface area contributed by atoms with Crippen LogP contribution in [0.2, 0.25) is 0 Å². The van der Waals surface area contributed by atoms with Crippen molar-refractivity contribution in [3.8, 4) is 0 Å². The first kappa shape index (κ1) is 21.9. The van der Waals surface area contributed by atoms with E-state index in [1.807, 2.05) is 22.9 Å². The van der Waals surface area contributed by atoms with E-state index in [2.05, 4.69) is 14.1 Å². The lowest BCUT2D eigenvalue weighted by molar-refractivity contribution is -0.938. The number of likely N-dealkylation sites (N-methyl/N-ethyl adjacent to an activating group) is 1. The summed E-state index contributed by atoms with van der Waals surface area (Å²) in [4.78, 5) is 14.3. The van der Waals surface area contributed by atoms with Crippen LogP contribution in [0.3, 0.4) is 0 Å². The first-order valence-electron chi connectivity index (χ1n) is 8.92. The van der Waals surface area contributed by atoms with E-state index >= 15 is 0 Å². The molecule has 8 heteroatoms. The molecular weight excluding hydrogens is 462 g/mol. The van der Waals surface area contributed by atoms with E-state index in [1.165, 1.54) is 22.7 Å². The molecule has 5 atom stereocenters. The number of esters is 1. The number of ether oxygens (including phenoxy) is 2. The highest BCUT2D eigenvalue weighted by Crippen LogP contribution is 2.52. The molecule has 0 radical (unpaired) electrons. The van der Waals surface area contributed by atoms with Gasteiger partial charge in [0.1, 0.15) is 30.4 Å². The lowest BCUT2D eigenvalue weighted by Crippen LogP contribution is -3.00. The van der Waals surface area contributed by atoms with Gasteiger partial charge in [0.25, 0.3) is 0 Å². The summed E-state index contributed by atoms with van der Waals surface area (Å²) in [6, 6.07) is 8.01. The van der Waals surface area contributed by atoms with Crippen LogP contribution in [0.25, 0.3) is 0 Å². The van der Waals surface area contributed by atoms with Gasteiger partial charge in [-0.15, -0.1) is 22.7 Å². The van der Waals surface area contributed by atoms with Crippen molar-refractivity contribution in [2.24, 2.45) is 0 Å². The van der Waals surface area contributed by atoms with Crippen molar-refractivity contribution < 1.29 is 40.8 Å². The Hall–Kier alpha value is -0.770. The number of hydrogen-bond acceptors (Lipinski definition) is 6. The van der Waals surface area contributed by atoms with Crippen molar-refractivity contribution in [3.05, 3.63) is 44.8 Å². The van der Waals surface area contributed by atoms with Crippen molar-refractivity contribution in [2.45, 2.75) is 56.3 Å². The molecule has 5 nitrogen and oxygen atoms in total. The Balaban J connectivity index is 0.00000112. The van der Waals surface area contributed by atoms with Gasteiger partial charge in [0.05, 0.1) is 23.8 Å². The molecule has 2 aromatic heterocycles. The second kappa shape index (κ2) is 7.49. The summed E-state index contributed by atoms with van der Waals surface area (Å²) in [5, 5.41) is 15.1. The molecule has 0 amide bonds. The average molecular weight is 488 g/mol. The molecule has 3 fully saturated rings. The lowest BCUT2D eigenvalue weighted by atomic mass is 9.95. The second-order valence-electron chi connectivity index (χ2n) is 7.99. The predicted molar refractivity (Wildman–Crippen MR) is 106 cm³/mol. The van der Waals surface area contributed by atoms with E-state index in [-0.39, 0.29) is 30.5 Å². The number of nitrogens with zero attached hydrogens (tertiary/aromatic N) is 1. The largest absolute Gasteiger partial charge is 1.00 e. The molecule has 0 aliphatic carbocycles. The number of carbonyl (C=O) groups excluding carboxylic acids is 1. The molecule has 5 rings (SSSR count). The third-order valence-electron chi connectivity index (χ3n) is 6.36. The van der Waals surface area contributed by atoms with Gasteiger partial charge in [-0.1, -0.05) is 19.6 Å². The number of rotatable bonds is 4. The third kappa shape index (κ3) is 3.09. The summed E-state index contributed by atoms with van der Waals surface area (Å²) in [5.41, 5.74) is -1.72. The molecule has 3 aliphatic heterocycles. The van der Waals surface area contributed by atoms with E-state index in [9.17, 15) is 9.90 Å². The lowest BCUT2D eigenvalue weighted by Gasteiger charge is -2.45. The number of piperidine rings is 1. The van der Waals surface area contributed by atoms with Gasteiger partial charge in [-0.3, -0.25) is 0 Å². The normalized spacial score (nSPS) is 31.9. The van der Waals surface area contributed by atoms with Crippen LogP contribution in [-0.2, 0) is 19.9 Å². The van der Waals surface area contributed by atoms with Crippen LogP contribution in [0.1, 0.15) is 30.0 Å². The van der Waals surface area contributed by atoms with Crippen LogP contribution in [0.4, 0.5) is 0 Å². The van der Waals surface area contributed by atoms with E-state index in [0.29, 0.717) is 34.0 Å². The van der Waals surface area contributed by atoms with E-state index < -0.39 is 11.6 Å². The highest BCUT2D eigenvalue weighted by molar-refractivity contribution is 7.12. The van der Waals surface area contributed by atoms with Gasteiger partial charge in [0.2, 0.25) is 5.60 Å². The molecule has 0 aromatic carbocycles. The Morgan fingerprint density at radius 1 is 1.14 bits per heavy atom. The van der Waals surface area contributed by atoms with E-state index in [0.717, 1.165) is 17.3 Å². The van der Waals surface area contributed by atoms with Crippen molar-refractivity contribution in [1.29, 1.82) is 0 Å². The van der Waals surface area contributed by atoms with Crippen LogP contribution < -0.4 is 17.0 Å². The maximum Gasteiger partial charge on any atom is 0.349 e. The number of epoxide rings is 1. The number of halogens is 1. The van der Waals surface area contributed by atoms with Crippen LogP contribution in [0.15, 0.2) is 35.0 Å². The van der Waals surface area contributed by atoms with Gasteiger partial charge in [-0.25, -0.2) is 4.79 Å². The standard InChI is InChI=1S/C19H22NO4S2.CH4.BrH/c1-20(2)12-9-11(10-13(20)17-16(12)24-17)23-18(21)19(22,14-5-3-7-25-14)15-6-4-8-26-15;;/h3-8,11-13,16-17,22H,9-10H2,1-2H3;1H4;1H/q+1;;/p-1/t11?,12-,13?,16+,17?;;/m0../s1. The summed E-state index contributed by atoms with van der Waals surface area (Å²) in [6.07, 6.45) is 2.05. The molecule has 3 aliphatic rings. The number of quaternary nitrogens is 1. The topological polar surface area (TPSA) is 59.1 Å². The molecule has 3 saturated heterocycles. The van der Waals surface area contributed by atoms with Crippen LogP contribution in [-0.4, -0.2) is 60.0 Å². The number of aliphatic hydroxyl groups is 1. The molecule has 0 spiro atoms. The fourth-order valence-electron chi connectivity index (χ4n) is 4.83. The van der Waals surface area contributed by atoms with E-state index in [4.69, 9.17) is 9.47 Å². The highest BCUT2D eigenvalue weighted by Gasteiger charge is 2.71. The van der Waals surface area contributed by atoms with Gasteiger partial charge in [-0.05, 0) is 22.9 Å². The molecular formula is C20H26BrNO4S2. The molecule has 28 heavy (non-hydrogen) atoms. The Bertz CT molecular complexity index is 769. The zero-order chi connectivity index (χ0) is 18.1. The first-order chi connectivity index (χ1) is 12.4. The minimum Gasteiger partial charge on any atom is -1.00 e. The van der Waals surface area contributed by atoms with Crippen molar-refractivity contribution >= 4 is 28.6 Å². The Labute approximate surface area is 184 Å². The average Bonchev–Trinajstić information content (AvgIpc) is 2.98. The van der Waals surface area contributed by atoms with Gasteiger partial charge in [0.15, 0.2) is 0 Å². The Morgan fingerprint density at radius 2 is 1.64 bits per heavy atom. The zero-order valence-corrected chi connectivity index (χ0v) is 18.3. The van der Waals surface area contributed by atoms with Crippen LogP contribution in [0, 0.1) is 0 Å². The number of hydrogen-bond donors (Lipinski definition) is 1. The summed E-state index contributed by atoms with van der Waals surface area (Å²) in [7, 11) is 4.49. The molecule has 154 valence electrons. The first-order valence-corrected chi connectivity index (χ1v) is 10.7. The van der Waals surface area contributed by atoms with Crippen LogP contribution >= 0.6 is 22.7 Å². The quantitative estimate of drug-likeness (QED) is 0.374. The fraction of sp³-hybridized carbons (Fsp3) is 0.550. The minimum absolute atomic E-state index is 0. The number of morpholine rings is 1.